The van der Waals surface area contributed by atoms with E-state index in [-0.39, 0.29) is 16.2 Å². The molecule has 0 fully saturated rings. The van der Waals surface area contributed by atoms with Gasteiger partial charge in [-0.15, -0.1) is 0 Å². The predicted molar refractivity (Wildman–Crippen MR) is 74.5 cm³/mol. The van der Waals surface area contributed by atoms with Crippen LogP contribution in [-0.2, 0) is 0 Å². The van der Waals surface area contributed by atoms with Crippen LogP contribution in [0.3, 0.4) is 0 Å². The maximum absolute atomic E-state index is 13.1. The van der Waals surface area contributed by atoms with Crippen LogP contribution < -0.4 is 11.1 Å². The van der Waals surface area contributed by atoms with Gasteiger partial charge in [0.15, 0.2) is 0 Å². The van der Waals surface area contributed by atoms with E-state index in [0.717, 1.165) is 0 Å². The minimum Gasteiger partial charge on any atom is -0.389 e. The fourth-order valence-electron chi connectivity index (χ4n) is 1.51. The van der Waals surface area contributed by atoms with E-state index in [0.29, 0.717) is 5.69 Å². The number of nitrogens with zero attached hydrogens (tertiary/aromatic N) is 1. The normalized spacial score (nSPS) is 9.95. The minimum atomic E-state index is -0.473. The molecule has 1 aromatic carbocycles. The van der Waals surface area contributed by atoms with Crippen LogP contribution in [0.4, 0.5) is 10.1 Å². The van der Waals surface area contributed by atoms with Gasteiger partial charge in [-0.05, 0) is 30.3 Å². The zero-order valence-corrected chi connectivity index (χ0v) is 10.6. The van der Waals surface area contributed by atoms with E-state index in [1.54, 1.807) is 18.2 Å². The molecule has 0 aliphatic carbocycles. The maximum Gasteiger partial charge on any atom is 0.274 e. The lowest BCUT2D eigenvalue weighted by Crippen LogP contribution is -2.18. The second kappa shape index (κ2) is 5.53. The molecule has 1 heterocycles. The molecule has 19 heavy (non-hydrogen) atoms. The molecule has 2 aromatic rings. The number of thiocarbonyl (C=S) groups is 1. The van der Waals surface area contributed by atoms with Crippen LogP contribution in [0.2, 0.25) is 0 Å². The van der Waals surface area contributed by atoms with Crippen molar-refractivity contribution < 1.29 is 9.18 Å². The number of nitrogens with one attached hydrogen (secondary N) is 1. The molecule has 0 aliphatic rings. The van der Waals surface area contributed by atoms with Crippen LogP contribution >= 0.6 is 12.2 Å². The van der Waals surface area contributed by atoms with Crippen molar-refractivity contribution in [2.45, 2.75) is 0 Å². The van der Waals surface area contributed by atoms with Gasteiger partial charge in [-0.1, -0.05) is 18.3 Å². The Morgan fingerprint density at radius 2 is 2.11 bits per heavy atom. The fraction of sp³-hybridized carbons (Fsp3) is 0. The van der Waals surface area contributed by atoms with Gasteiger partial charge in [-0.3, -0.25) is 9.78 Å². The zero-order chi connectivity index (χ0) is 13.8. The summed E-state index contributed by atoms with van der Waals surface area (Å²) in [6.07, 6.45) is 1.51. The number of halogens is 1. The van der Waals surface area contributed by atoms with Gasteiger partial charge in [-0.25, -0.2) is 4.39 Å². The number of hydrogen-bond donors (Lipinski definition) is 2. The molecule has 3 N–H and O–H groups in total. The van der Waals surface area contributed by atoms with Crippen molar-refractivity contribution in [1.82, 2.24) is 4.98 Å². The average Bonchev–Trinajstić information content (AvgIpc) is 2.41. The van der Waals surface area contributed by atoms with Crippen molar-refractivity contribution in [3.05, 3.63) is 59.7 Å². The topological polar surface area (TPSA) is 68.0 Å². The second-order valence-corrected chi connectivity index (χ2v) is 4.16. The summed E-state index contributed by atoms with van der Waals surface area (Å²) in [7, 11) is 0. The molecule has 0 atom stereocenters. The third-order valence-electron chi connectivity index (χ3n) is 2.39. The Bertz CT molecular complexity index is 631. The number of benzene rings is 1. The molecule has 0 bridgehead atoms. The Morgan fingerprint density at radius 3 is 2.74 bits per heavy atom. The predicted octanol–water partition coefficient (Wildman–Crippen LogP) is 2.11. The van der Waals surface area contributed by atoms with Crippen LogP contribution in [0.1, 0.15) is 16.1 Å². The highest BCUT2D eigenvalue weighted by Crippen LogP contribution is 2.17. The number of aromatic nitrogens is 1. The fourth-order valence-corrected chi connectivity index (χ4v) is 1.68. The lowest BCUT2D eigenvalue weighted by atomic mass is 10.1. The summed E-state index contributed by atoms with van der Waals surface area (Å²) in [4.78, 5) is 15.8. The third-order valence-corrected chi connectivity index (χ3v) is 2.61. The van der Waals surface area contributed by atoms with E-state index in [4.69, 9.17) is 18.0 Å². The highest BCUT2D eigenvalue weighted by molar-refractivity contribution is 7.80. The summed E-state index contributed by atoms with van der Waals surface area (Å²) in [5.74, 6) is -0.886. The van der Waals surface area contributed by atoms with E-state index >= 15 is 0 Å². The number of carbonyl (C=O) groups is 1. The summed E-state index contributed by atoms with van der Waals surface area (Å²) in [5, 5.41) is 2.60. The molecule has 1 aromatic heterocycles. The summed E-state index contributed by atoms with van der Waals surface area (Å²) in [6.45, 7) is 0. The number of anilines is 1. The molecule has 4 nitrogen and oxygen atoms in total. The molecule has 96 valence electrons. The number of nitrogens with two attached hydrogens (primary N) is 1. The van der Waals surface area contributed by atoms with Crippen molar-refractivity contribution in [3.8, 4) is 0 Å². The second-order valence-electron chi connectivity index (χ2n) is 3.72. The van der Waals surface area contributed by atoms with Crippen LogP contribution in [0.15, 0.2) is 42.6 Å². The summed E-state index contributed by atoms with van der Waals surface area (Å²) in [5.41, 5.74) is 6.37. The lowest BCUT2D eigenvalue weighted by Gasteiger charge is -2.09. The maximum atomic E-state index is 13.1. The zero-order valence-electron chi connectivity index (χ0n) is 9.76. The Morgan fingerprint density at radius 1 is 1.32 bits per heavy atom. The van der Waals surface area contributed by atoms with Crippen molar-refractivity contribution in [3.63, 3.8) is 0 Å². The molecule has 0 saturated heterocycles. The summed E-state index contributed by atoms with van der Waals surface area (Å²) in [6, 6.07) is 8.77. The summed E-state index contributed by atoms with van der Waals surface area (Å²) < 4.78 is 13.1. The molecule has 0 spiro atoms. The van der Waals surface area contributed by atoms with Gasteiger partial charge in [0.1, 0.15) is 16.5 Å². The van der Waals surface area contributed by atoms with E-state index in [2.05, 4.69) is 10.3 Å². The molecule has 0 unspecified atom stereocenters. The van der Waals surface area contributed by atoms with Gasteiger partial charge in [-0.2, -0.15) is 0 Å². The monoisotopic (exact) mass is 275 g/mol. The van der Waals surface area contributed by atoms with Gasteiger partial charge in [0.05, 0.1) is 5.69 Å². The molecular weight excluding hydrogens is 265 g/mol. The molecule has 1 amide bonds. The first-order valence-electron chi connectivity index (χ1n) is 5.39. The molecule has 0 radical (unpaired) electrons. The van der Waals surface area contributed by atoms with E-state index in [9.17, 15) is 9.18 Å². The molecule has 2 rings (SSSR count). The van der Waals surface area contributed by atoms with Crippen molar-refractivity contribution in [1.29, 1.82) is 0 Å². The number of rotatable bonds is 3. The Labute approximate surface area is 114 Å². The van der Waals surface area contributed by atoms with Gasteiger partial charge >= 0.3 is 0 Å². The molecule has 6 heteroatoms. The van der Waals surface area contributed by atoms with E-state index in [1.807, 2.05) is 0 Å². The Kier molecular flexibility index (Phi) is 3.82. The van der Waals surface area contributed by atoms with Crippen LogP contribution in [0.5, 0.6) is 0 Å². The summed E-state index contributed by atoms with van der Waals surface area (Å²) >= 11 is 4.82. The van der Waals surface area contributed by atoms with E-state index in [1.165, 1.54) is 24.4 Å². The first-order chi connectivity index (χ1) is 9.08. The SMILES string of the molecule is NC(=S)c1cc(F)ccc1NC(=O)c1ccccn1. The van der Waals surface area contributed by atoms with Gasteiger partial charge in [0, 0.05) is 11.8 Å². The number of amides is 1. The number of pyridine rings is 1. The van der Waals surface area contributed by atoms with Gasteiger partial charge in [0.2, 0.25) is 0 Å². The first-order valence-corrected chi connectivity index (χ1v) is 5.80. The van der Waals surface area contributed by atoms with Crippen molar-refractivity contribution in [2.75, 3.05) is 5.32 Å². The Hall–Kier alpha value is -2.34. The van der Waals surface area contributed by atoms with Crippen LogP contribution in [0.25, 0.3) is 0 Å². The quantitative estimate of drug-likeness (QED) is 0.842. The largest absolute Gasteiger partial charge is 0.389 e. The smallest absolute Gasteiger partial charge is 0.274 e. The standard InChI is InChI=1S/C13H10FN3OS/c14-8-4-5-10(9(7-8)12(15)19)17-13(18)11-3-1-2-6-16-11/h1-7H,(H2,15,19)(H,17,18). The van der Waals surface area contributed by atoms with Crippen LogP contribution in [0, 0.1) is 5.82 Å². The van der Waals surface area contributed by atoms with Crippen LogP contribution in [-0.4, -0.2) is 15.9 Å². The average molecular weight is 275 g/mol. The minimum absolute atomic E-state index is 0.0100. The van der Waals surface area contributed by atoms with Gasteiger partial charge in [0.25, 0.3) is 5.91 Å². The first kappa shape index (κ1) is 13.1. The highest BCUT2D eigenvalue weighted by atomic mass is 32.1. The molecule has 0 aliphatic heterocycles. The molecular formula is C13H10FN3OS. The van der Waals surface area contributed by atoms with Crippen molar-refractivity contribution >= 4 is 28.8 Å². The third kappa shape index (κ3) is 3.11. The van der Waals surface area contributed by atoms with Crippen molar-refractivity contribution in [2.24, 2.45) is 5.73 Å². The number of hydrogen-bond acceptors (Lipinski definition) is 3. The van der Waals surface area contributed by atoms with Gasteiger partial charge < -0.3 is 11.1 Å². The lowest BCUT2D eigenvalue weighted by molar-refractivity contribution is 0.102. The number of carbonyl (C=O) groups excluding carboxylic acids is 1. The van der Waals surface area contributed by atoms with E-state index < -0.39 is 11.7 Å². The molecule has 0 saturated carbocycles. The highest BCUT2D eigenvalue weighted by Gasteiger charge is 2.12. The Balaban J connectivity index is 2.29.